The van der Waals surface area contributed by atoms with E-state index >= 15 is 0 Å². The Morgan fingerprint density at radius 1 is 0.597 bits per heavy atom. The first kappa shape index (κ1) is 46.4. The van der Waals surface area contributed by atoms with Gasteiger partial charge in [0.2, 0.25) is 0 Å². The van der Waals surface area contributed by atoms with Crippen LogP contribution in [0.3, 0.4) is 0 Å². The summed E-state index contributed by atoms with van der Waals surface area (Å²) in [4.78, 5) is 0. The zero-order chi connectivity index (χ0) is 44.2. The van der Waals surface area contributed by atoms with E-state index < -0.39 is 124 Å². The summed E-state index contributed by atoms with van der Waals surface area (Å²) in [7, 11) is 0. The Morgan fingerprint density at radius 2 is 1.27 bits per heavy atom. The van der Waals surface area contributed by atoms with Gasteiger partial charge in [0.25, 0.3) is 0 Å². The maximum Gasteiger partial charge on any atom is 0.187 e. The Bertz CT molecular complexity index is 1550. The minimum atomic E-state index is -1.87. The lowest BCUT2D eigenvalue weighted by Crippen LogP contribution is -2.67. The van der Waals surface area contributed by atoms with Gasteiger partial charge in [-0.05, 0) is 97.7 Å². The molecular weight excluding hydrogens is 816 g/mol. The van der Waals surface area contributed by atoms with E-state index in [1.54, 1.807) is 0 Å². The van der Waals surface area contributed by atoms with Gasteiger partial charge in [0, 0.05) is 12.3 Å². The summed E-state index contributed by atoms with van der Waals surface area (Å²) in [6, 6.07) is 0. The van der Waals surface area contributed by atoms with Gasteiger partial charge in [-0.1, -0.05) is 27.7 Å². The van der Waals surface area contributed by atoms with E-state index in [1.165, 1.54) is 0 Å². The SMILES string of the molecule is C[C@@H]1CC[C@@]2(OC1)O[C@H]1C[C@H]3[C@@H]4C[C@H](O[C@@H]5O[C@H](CO)[C@@H](O)[C@H](O[C@@H]6OC[C@@H](O)[C@H](O)[C@H]6O)[C@H]5O[C@@H]5O[C@H](CO)[C@@H](O)[C@H](O)[C@H]5O)[C@H]5C[C@@H](O)CC[C@]5(C)[C@H]4CC[C@]3(C)[C@H]1[C@@H]2C. The van der Waals surface area contributed by atoms with E-state index in [1.807, 2.05) is 0 Å². The van der Waals surface area contributed by atoms with Crippen LogP contribution in [-0.4, -0.2) is 188 Å². The van der Waals surface area contributed by atoms with Gasteiger partial charge in [0.15, 0.2) is 24.7 Å². The highest BCUT2D eigenvalue weighted by Gasteiger charge is 2.70. The Kier molecular flexibility index (Phi) is 13.0. The van der Waals surface area contributed by atoms with E-state index in [2.05, 4.69) is 27.7 Å². The molecule has 18 nitrogen and oxygen atoms in total. The molecule has 9 rings (SSSR count). The third-order valence-electron chi connectivity index (χ3n) is 17.9. The third-order valence-corrected chi connectivity index (χ3v) is 17.9. The third kappa shape index (κ3) is 7.55. The van der Waals surface area contributed by atoms with Crippen molar-refractivity contribution in [3.8, 4) is 0 Å². The number of fused-ring (bicyclic) bond motifs is 7. The van der Waals surface area contributed by atoms with Crippen LogP contribution in [0.4, 0.5) is 0 Å². The number of rotatable bonds is 8. The fraction of sp³-hybridized carbons (Fsp3) is 1.00. The molecule has 18 heteroatoms. The second-order valence-electron chi connectivity index (χ2n) is 21.2. The summed E-state index contributed by atoms with van der Waals surface area (Å²) >= 11 is 0. The lowest BCUT2D eigenvalue weighted by atomic mass is 9.43. The molecule has 4 aliphatic carbocycles. The molecule has 5 aliphatic heterocycles. The number of aliphatic hydroxyl groups excluding tert-OH is 10. The van der Waals surface area contributed by atoms with Gasteiger partial charge < -0.3 is 89.0 Å². The van der Waals surface area contributed by atoms with E-state index in [-0.39, 0.29) is 34.7 Å². The summed E-state index contributed by atoms with van der Waals surface area (Å²) in [5.74, 6) is 1.19. The van der Waals surface area contributed by atoms with E-state index in [0.717, 1.165) is 38.5 Å². The van der Waals surface area contributed by atoms with Crippen molar-refractivity contribution in [3.63, 3.8) is 0 Å². The normalized spacial score (nSPS) is 58.9. The quantitative estimate of drug-likeness (QED) is 0.129. The molecule has 0 aromatic heterocycles. The summed E-state index contributed by atoms with van der Waals surface area (Å²) < 4.78 is 50.9. The Labute approximate surface area is 362 Å². The fourth-order valence-corrected chi connectivity index (χ4v) is 14.4. The smallest absolute Gasteiger partial charge is 0.187 e. The van der Waals surface area contributed by atoms with Crippen LogP contribution >= 0.6 is 0 Å². The van der Waals surface area contributed by atoms with Gasteiger partial charge >= 0.3 is 0 Å². The molecule has 5 saturated heterocycles. The Balaban J connectivity index is 1.04. The number of ether oxygens (including phenoxy) is 8. The molecule has 356 valence electrons. The lowest BCUT2D eigenvalue weighted by molar-refractivity contribution is -0.395. The molecule has 9 aliphatic rings. The molecule has 0 aromatic carbocycles. The Morgan fingerprint density at radius 3 is 1.98 bits per heavy atom. The van der Waals surface area contributed by atoms with Crippen molar-refractivity contribution in [1.29, 1.82) is 0 Å². The van der Waals surface area contributed by atoms with Crippen molar-refractivity contribution in [3.05, 3.63) is 0 Å². The van der Waals surface area contributed by atoms with E-state index in [9.17, 15) is 51.1 Å². The minimum Gasteiger partial charge on any atom is -0.394 e. The van der Waals surface area contributed by atoms with Crippen LogP contribution in [0, 0.1) is 52.3 Å². The highest BCUT2D eigenvalue weighted by atomic mass is 16.8. The predicted molar refractivity (Wildman–Crippen MR) is 211 cm³/mol. The molecule has 5 heterocycles. The van der Waals surface area contributed by atoms with Crippen LogP contribution in [0.25, 0.3) is 0 Å². The van der Waals surface area contributed by atoms with Crippen LogP contribution in [-0.2, 0) is 37.9 Å². The maximum absolute atomic E-state index is 11.7. The van der Waals surface area contributed by atoms with Gasteiger partial charge in [-0.25, -0.2) is 0 Å². The zero-order valence-electron chi connectivity index (χ0n) is 36.3. The molecule has 1 spiro atoms. The summed E-state index contributed by atoms with van der Waals surface area (Å²) in [5.41, 5.74) is -0.267. The fourth-order valence-electron chi connectivity index (χ4n) is 14.4. The molecule has 0 radical (unpaired) electrons. The minimum absolute atomic E-state index is 0.0246. The molecule has 9 fully saturated rings. The molecular formula is C44H72O18. The molecule has 4 saturated carbocycles. The molecule has 0 aromatic rings. The summed E-state index contributed by atoms with van der Waals surface area (Å²) in [6.45, 7) is 8.13. The molecule has 10 N–H and O–H groups in total. The van der Waals surface area contributed by atoms with Crippen LogP contribution in [0.2, 0.25) is 0 Å². The number of hydrogen-bond acceptors (Lipinski definition) is 18. The van der Waals surface area contributed by atoms with Crippen molar-refractivity contribution in [1.82, 2.24) is 0 Å². The molecule has 62 heavy (non-hydrogen) atoms. The molecule has 0 bridgehead atoms. The van der Waals surface area contributed by atoms with Crippen LogP contribution in [0.1, 0.15) is 85.5 Å². The first-order valence-corrected chi connectivity index (χ1v) is 23.3. The highest BCUT2D eigenvalue weighted by Crippen LogP contribution is 2.71. The Hall–Kier alpha value is -0.720. The zero-order valence-corrected chi connectivity index (χ0v) is 36.3. The second kappa shape index (κ2) is 17.4. The largest absolute Gasteiger partial charge is 0.394 e. The van der Waals surface area contributed by atoms with Crippen LogP contribution in [0.15, 0.2) is 0 Å². The van der Waals surface area contributed by atoms with Gasteiger partial charge in [-0.15, -0.1) is 0 Å². The topological polar surface area (TPSA) is 276 Å². The second-order valence-corrected chi connectivity index (χ2v) is 21.2. The standard InChI is InChI=1S/C44H72O18/c1-18-5-10-44(56-16-18)19(2)30-27(62-44)13-23-21-12-26(24-11-20(47)6-8-42(24,3)22(21)7-9-43(23,30)4)57-41-38(61-40-36(54)34(52)32(50)28(14-45)58-40)37(33(51)29(15-46)59-41)60-39-35(53)31(49)25(48)17-55-39/h18-41,45-54H,5-17H2,1-4H3/t18-,19+,20+,21-,22+,23+,24-,25-,26+,27+,28-,29-,30+,31+,32-,33-,34+,35-,36-,37+,38-,39+,40+,41-,42-,43+,44-/m1/s1. The molecule has 0 unspecified atom stereocenters. The first-order chi connectivity index (χ1) is 29.4. The average Bonchev–Trinajstić information content (AvgIpc) is 3.70. The van der Waals surface area contributed by atoms with Gasteiger partial charge in [0.05, 0.1) is 44.7 Å². The maximum atomic E-state index is 11.7. The summed E-state index contributed by atoms with van der Waals surface area (Å²) in [5, 5.41) is 108. The van der Waals surface area contributed by atoms with E-state index in [0.29, 0.717) is 49.5 Å². The first-order valence-electron chi connectivity index (χ1n) is 23.3. The van der Waals surface area contributed by atoms with Gasteiger partial charge in [-0.2, -0.15) is 0 Å². The number of hydrogen-bond donors (Lipinski definition) is 10. The van der Waals surface area contributed by atoms with Crippen molar-refractivity contribution in [2.24, 2.45) is 52.3 Å². The monoisotopic (exact) mass is 888 g/mol. The average molecular weight is 889 g/mol. The van der Waals surface area contributed by atoms with Crippen molar-refractivity contribution in [2.45, 2.75) is 196 Å². The predicted octanol–water partition coefficient (Wildman–Crippen LogP) is -1.12. The van der Waals surface area contributed by atoms with Crippen LogP contribution < -0.4 is 0 Å². The highest BCUT2D eigenvalue weighted by molar-refractivity contribution is 5.16. The molecule has 0 amide bonds. The van der Waals surface area contributed by atoms with Crippen molar-refractivity contribution >= 4 is 0 Å². The number of aliphatic hydroxyl groups is 10. The molecule has 27 atom stereocenters. The van der Waals surface area contributed by atoms with Crippen molar-refractivity contribution in [2.75, 3.05) is 26.4 Å². The lowest BCUT2D eigenvalue weighted by Gasteiger charge is -2.63. The van der Waals surface area contributed by atoms with Crippen LogP contribution in [0.5, 0.6) is 0 Å². The van der Waals surface area contributed by atoms with Gasteiger partial charge in [-0.3, -0.25) is 0 Å². The summed E-state index contributed by atoms with van der Waals surface area (Å²) in [6.07, 6.45) is -16.2. The van der Waals surface area contributed by atoms with Crippen molar-refractivity contribution < 1.29 is 89.0 Å². The van der Waals surface area contributed by atoms with Gasteiger partial charge in [0.1, 0.15) is 67.1 Å². The van der Waals surface area contributed by atoms with E-state index in [4.69, 9.17) is 37.9 Å².